The van der Waals surface area contributed by atoms with Crippen LogP contribution in [0.5, 0.6) is 0 Å². The van der Waals surface area contributed by atoms with Crippen molar-refractivity contribution in [3.8, 4) is 0 Å². The quantitative estimate of drug-likeness (QED) is 0.541. The van der Waals surface area contributed by atoms with Crippen molar-refractivity contribution < 1.29 is 4.79 Å². The number of thiol groups is 1. The molecule has 0 aliphatic rings. The van der Waals surface area contributed by atoms with E-state index in [1.807, 2.05) is 6.92 Å². The van der Waals surface area contributed by atoms with Crippen LogP contribution >= 0.6 is 12.6 Å². The van der Waals surface area contributed by atoms with Gasteiger partial charge in [-0.2, -0.15) is 12.6 Å². The van der Waals surface area contributed by atoms with Crippen molar-refractivity contribution in [3.05, 3.63) is 0 Å². The van der Waals surface area contributed by atoms with Gasteiger partial charge in [0.25, 0.3) is 0 Å². The van der Waals surface area contributed by atoms with Crippen LogP contribution in [0.1, 0.15) is 26.2 Å². The lowest BCUT2D eigenvalue weighted by Gasteiger charge is -2.13. The van der Waals surface area contributed by atoms with Crippen molar-refractivity contribution in [1.82, 2.24) is 5.32 Å². The molecule has 0 bridgehead atoms. The second-order valence-electron chi connectivity index (χ2n) is 2.48. The van der Waals surface area contributed by atoms with Crippen LogP contribution in [0.3, 0.4) is 0 Å². The molecule has 0 aromatic carbocycles. The Kier molecular flexibility index (Phi) is 6.12. The first-order valence-electron chi connectivity index (χ1n) is 3.87. The highest BCUT2D eigenvalue weighted by Crippen LogP contribution is 2.01. The number of amides is 2. The molecule has 0 heterocycles. The Morgan fingerprint density at radius 1 is 1.73 bits per heavy atom. The zero-order valence-corrected chi connectivity index (χ0v) is 7.73. The van der Waals surface area contributed by atoms with Crippen LogP contribution in [-0.2, 0) is 0 Å². The maximum Gasteiger partial charge on any atom is 0.312 e. The molecule has 0 aliphatic heterocycles. The zero-order chi connectivity index (χ0) is 8.69. The molecule has 0 saturated carbocycles. The standard InChI is InChI=1S/C7H16N2OS/c1-2-6(4-3-5-11)9-7(8)10/h6,11H,2-5H2,1H3,(H3,8,9,10). The molecule has 0 saturated heterocycles. The number of urea groups is 1. The SMILES string of the molecule is CCC(CCCS)NC(N)=O. The second kappa shape index (κ2) is 6.34. The summed E-state index contributed by atoms with van der Waals surface area (Å²) in [7, 11) is 0. The lowest BCUT2D eigenvalue weighted by atomic mass is 10.1. The number of hydrogen-bond donors (Lipinski definition) is 3. The van der Waals surface area contributed by atoms with Crippen LogP contribution in [0.25, 0.3) is 0 Å². The summed E-state index contributed by atoms with van der Waals surface area (Å²) in [6.07, 6.45) is 2.90. The Labute approximate surface area is 73.1 Å². The molecule has 0 fully saturated rings. The van der Waals surface area contributed by atoms with Gasteiger partial charge in [0.1, 0.15) is 0 Å². The van der Waals surface area contributed by atoms with E-state index in [0.29, 0.717) is 0 Å². The van der Waals surface area contributed by atoms with Crippen LogP contribution < -0.4 is 11.1 Å². The van der Waals surface area contributed by atoms with Crippen LogP contribution in [0.15, 0.2) is 0 Å². The molecular formula is C7H16N2OS. The first-order chi connectivity index (χ1) is 5.20. The Balaban J connectivity index is 3.49. The number of carbonyl (C=O) groups excluding carboxylic acids is 1. The van der Waals surface area contributed by atoms with E-state index in [-0.39, 0.29) is 6.04 Å². The summed E-state index contributed by atoms with van der Waals surface area (Å²) in [5.41, 5.74) is 4.97. The van der Waals surface area contributed by atoms with Gasteiger partial charge in [-0.05, 0) is 25.0 Å². The molecule has 1 atom stereocenters. The van der Waals surface area contributed by atoms with E-state index in [4.69, 9.17) is 5.73 Å². The number of hydrogen-bond acceptors (Lipinski definition) is 2. The summed E-state index contributed by atoms with van der Waals surface area (Å²) in [5.74, 6) is 0.858. The Morgan fingerprint density at radius 2 is 2.36 bits per heavy atom. The third-order valence-electron chi connectivity index (χ3n) is 1.55. The molecule has 66 valence electrons. The molecule has 11 heavy (non-hydrogen) atoms. The van der Waals surface area contributed by atoms with Gasteiger partial charge in [0.2, 0.25) is 0 Å². The zero-order valence-electron chi connectivity index (χ0n) is 6.84. The number of nitrogens with two attached hydrogens (primary N) is 1. The maximum absolute atomic E-state index is 10.4. The number of rotatable bonds is 5. The fourth-order valence-corrected chi connectivity index (χ4v) is 1.10. The van der Waals surface area contributed by atoms with E-state index < -0.39 is 6.03 Å². The largest absolute Gasteiger partial charge is 0.352 e. The molecular weight excluding hydrogens is 160 g/mol. The average Bonchev–Trinajstić information content (AvgIpc) is 1.97. The van der Waals surface area contributed by atoms with Crippen LogP contribution in [-0.4, -0.2) is 17.8 Å². The highest BCUT2D eigenvalue weighted by Gasteiger charge is 2.05. The molecule has 0 spiro atoms. The highest BCUT2D eigenvalue weighted by atomic mass is 32.1. The van der Waals surface area contributed by atoms with Crippen molar-refractivity contribution in [2.75, 3.05) is 5.75 Å². The van der Waals surface area contributed by atoms with Crippen molar-refractivity contribution in [1.29, 1.82) is 0 Å². The summed E-state index contributed by atoms with van der Waals surface area (Å²) in [6.45, 7) is 2.03. The van der Waals surface area contributed by atoms with Crippen molar-refractivity contribution in [2.45, 2.75) is 32.2 Å². The van der Waals surface area contributed by atoms with Gasteiger partial charge in [0.15, 0.2) is 0 Å². The Morgan fingerprint density at radius 3 is 2.73 bits per heavy atom. The number of nitrogens with one attached hydrogen (secondary N) is 1. The second-order valence-corrected chi connectivity index (χ2v) is 2.93. The van der Waals surface area contributed by atoms with Gasteiger partial charge in [0, 0.05) is 6.04 Å². The van der Waals surface area contributed by atoms with Gasteiger partial charge < -0.3 is 11.1 Å². The van der Waals surface area contributed by atoms with E-state index >= 15 is 0 Å². The first-order valence-corrected chi connectivity index (χ1v) is 4.50. The van der Waals surface area contributed by atoms with Gasteiger partial charge in [-0.3, -0.25) is 0 Å². The lowest BCUT2D eigenvalue weighted by molar-refractivity contribution is 0.244. The molecule has 1 unspecified atom stereocenters. The summed E-state index contributed by atoms with van der Waals surface area (Å²) in [4.78, 5) is 10.4. The third-order valence-corrected chi connectivity index (χ3v) is 1.87. The fourth-order valence-electron chi connectivity index (χ4n) is 0.917. The Bertz CT molecular complexity index is 119. The van der Waals surface area contributed by atoms with Crippen molar-refractivity contribution in [2.24, 2.45) is 5.73 Å². The predicted molar refractivity (Wildman–Crippen MR) is 49.9 cm³/mol. The minimum atomic E-state index is -0.434. The molecule has 0 aromatic heterocycles. The van der Waals surface area contributed by atoms with Crippen molar-refractivity contribution >= 4 is 18.7 Å². The molecule has 0 aliphatic carbocycles. The smallest absolute Gasteiger partial charge is 0.312 e. The van der Waals surface area contributed by atoms with Gasteiger partial charge in [-0.1, -0.05) is 6.92 Å². The van der Waals surface area contributed by atoms with Crippen LogP contribution in [0, 0.1) is 0 Å². The summed E-state index contributed by atoms with van der Waals surface area (Å²) >= 11 is 4.08. The van der Waals surface area contributed by atoms with Crippen LogP contribution in [0.4, 0.5) is 4.79 Å². The monoisotopic (exact) mass is 176 g/mol. The number of carbonyl (C=O) groups is 1. The third kappa shape index (κ3) is 6.04. The highest BCUT2D eigenvalue weighted by molar-refractivity contribution is 7.80. The molecule has 3 nitrogen and oxygen atoms in total. The van der Waals surface area contributed by atoms with E-state index in [1.54, 1.807) is 0 Å². The van der Waals surface area contributed by atoms with Gasteiger partial charge in [-0.25, -0.2) is 4.79 Å². The summed E-state index contributed by atoms with van der Waals surface area (Å²) in [6, 6.07) is -0.212. The minimum Gasteiger partial charge on any atom is -0.352 e. The predicted octanol–water partition coefficient (Wildman–Crippen LogP) is 1.14. The maximum atomic E-state index is 10.4. The minimum absolute atomic E-state index is 0.222. The van der Waals surface area contributed by atoms with Crippen molar-refractivity contribution in [3.63, 3.8) is 0 Å². The number of primary amides is 1. The average molecular weight is 176 g/mol. The van der Waals surface area contributed by atoms with E-state index in [2.05, 4.69) is 17.9 Å². The van der Waals surface area contributed by atoms with Gasteiger partial charge >= 0.3 is 6.03 Å². The lowest BCUT2D eigenvalue weighted by Crippen LogP contribution is -2.38. The van der Waals surface area contributed by atoms with E-state index in [9.17, 15) is 4.79 Å². The first kappa shape index (κ1) is 10.6. The Hall–Kier alpha value is -0.380. The van der Waals surface area contributed by atoms with Gasteiger partial charge in [-0.15, -0.1) is 0 Å². The molecule has 3 N–H and O–H groups in total. The molecule has 0 aromatic rings. The van der Waals surface area contributed by atoms with Gasteiger partial charge in [0.05, 0.1) is 0 Å². The van der Waals surface area contributed by atoms with E-state index in [1.165, 1.54) is 0 Å². The summed E-state index contributed by atoms with van der Waals surface area (Å²) < 4.78 is 0. The molecule has 2 amide bonds. The van der Waals surface area contributed by atoms with E-state index in [0.717, 1.165) is 25.0 Å². The molecule has 0 radical (unpaired) electrons. The fraction of sp³-hybridized carbons (Fsp3) is 0.857. The topological polar surface area (TPSA) is 55.1 Å². The molecule has 0 rings (SSSR count). The normalized spacial score (nSPS) is 12.5. The summed E-state index contributed by atoms with van der Waals surface area (Å²) in [5, 5.41) is 2.67. The van der Waals surface area contributed by atoms with Crippen LogP contribution in [0.2, 0.25) is 0 Å². The molecule has 4 heteroatoms.